The molecule has 0 atom stereocenters. The smallest absolute Gasteiger partial charge is 0.123 e. The fourth-order valence-corrected chi connectivity index (χ4v) is 2.62. The fraction of sp³-hybridized carbons (Fsp3) is 0.538. The number of hydrogen-bond donors (Lipinski definition) is 1. The molecule has 2 aliphatic rings. The number of aryl methyl sites for hydroxylation is 1. The Balaban J connectivity index is 1.85. The Morgan fingerprint density at radius 3 is 2.88 bits per heavy atom. The zero-order chi connectivity index (χ0) is 11.2. The van der Waals surface area contributed by atoms with Gasteiger partial charge in [-0.15, -0.1) is 0 Å². The second-order valence-electron chi connectivity index (χ2n) is 5.06. The highest BCUT2D eigenvalue weighted by Crippen LogP contribution is 2.39. The van der Waals surface area contributed by atoms with Crippen molar-refractivity contribution in [2.24, 2.45) is 0 Å². The van der Waals surface area contributed by atoms with E-state index in [9.17, 15) is 4.39 Å². The number of hydrogen-bond acceptors (Lipinski definition) is 2. The molecule has 1 spiro atoms. The first-order valence-corrected chi connectivity index (χ1v) is 5.95. The Morgan fingerprint density at radius 2 is 2.19 bits per heavy atom. The molecule has 2 nitrogen and oxygen atoms in total. The van der Waals surface area contributed by atoms with Crippen LogP contribution in [-0.4, -0.2) is 25.2 Å². The van der Waals surface area contributed by atoms with Crippen LogP contribution in [0.1, 0.15) is 18.4 Å². The molecule has 1 aliphatic heterocycles. The zero-order valence-corrected chi connectivity index (χ0v) is 9.59. The lowest BCUT2D eigenvalue weighted by molar-refractivity contribution is 0.442. The molecule has 0 unspecified atom stereocenters. The van der Waals surface area contributed by atoms with E-state index in [0.717, 1.165) is 25.2 Å². The van der Waals surface area contributed by atoms with Gasteiger partial charge in [-0.05, 0) is 43.5 Å². The summed E-state index contributed by atoms with van der Waals surface area (Å²) >= 11 is 0. The van der Waals surface area contributed by atoms with E-state index in [0.29, 0.717) is 5.54 Å². The number of piperazine rings is 1. The number of nitrogens with one attached hydrogen (secondary N) is 1. The van der Waals surface area contributed by atoms with Crippen LogP contribution in [0, 0.1) is 12.7 Å². The Kier molecular flexibility index (Phi) is 2.18. The van der Waals surface area contributed by atoms with E-state index in [1.165, 1.54) is 18.5 Å². The summed E-state index contributed by atoms with van der Waals surface area (Å²) in [5.41, 5.74) is 2.60. The molecule has 3 rings (SSSR count). The quantitative estimate of drug-likeness (QED) is 0.779. The summed E-state index contributed by atoms with van der Waals surface area (Å²) in [7, 11) is 0. The summed E-state index contributed by atoms with van der Waals surface area (Å²) in [4.78, 5) is 2.39. The minimum absolute atomic E-state index is 0.141. The maximum atomic E-state index is 13.0. The third kappa shape index (κ3) is 1.69. The normalized spacial score (nSPS) is 22.5. The van der Waals surface area contributed by atoms with Crippen LogP contribution < -0.4 is 10.2 Å². The lowest BCUT2D eigenvalue weighted by Gasteiger charge is -2.36. The number of halogens is 1. The monoisotopic (exact) mass is 220 g/mol. The molecule has 1 saturated heterocycles. The van der Waals surface area contributed by atoms with Gasteiger partial charge < -0.3 is 10.2 Å². The maximum absolute atomic E-state index is 13.0. The van der Waals surface area contributed by atoms with Gasteiger partial charge in [0.2, 0.25) is 0 Å². The van der Waals surface area contributed by atoms with E-state index >= 15 is 0 Å². The first-order valence-electron chi connectivity index (χ1n) is 5.95. The molecule has 3 heteroatoms. The van der Waals surface area contributed by atoms with Crippen molar-refractivity contribution in [3.05, 3.63) is 29.6 Å². The van der Waals surface area contributed by atoms with Gasteiger partial charge in [0.1, 0.15) is 5.82 Å². The zero-order valence-electron chi connectivity index (χ0n) is 9.59. The molecule has 1 saturated carbocycles. The van der Waals surface area contributed by atoms with Gasteiger partial charge in [0, 0.05) is 30.9 Å². The van der Waals surface area contributed by atoms with Gasteiger partial charge in [0.05, 0.1) is 0 Å². The summed E-state index contributed by atoms with van der Waals surface area (Å²) in [5, 5.41) is 3.58. The van der Waals surface area contributed by atoms with Crippen LogP contribution in [0.15, 0.2) is 18.2 Å². The predicted molar refractivity (Wildman–Crippen MR) is 63.3 cm³/mol. The van der Waals surface area contributed by atoms with E-state index < -0.39 is 0 Å². The molecule has 16 heavy (non-hydrogen) atoms. The Morgan fingerprint density at radius 1 is 1.38 bits per heavy atom. The van der Waals surface area contributed by atoms with Crippen LogP contribution in [0.25, 0.3) is 0 Å². The van der Waals surface area contributed by atoms with Gasteiger partial charge in [-0.3, -0.25) is 0 Å². The largest absolute Gasteiger partial charge is 0.368 e. The topological polar surface area (TPSA) is 15.3 Å². The molecule has 2 fully saturated rings. The molecule has 1 heterocycles. The first kappa shape index (κ1) is 10.1. The SMILES string of the molecule is Cc1cc(F)ccc1N1CCNC2(CC2)C1. The number of anilines is 1. The minimum Gasteiger partial charge on any atom is -0.368 e. The molecule has 1 N–H and O–H groups in total. The molecule has 0 radical (unpaired) electrons. The molecular weight excluding hydrogens is 203 g/mol. The van der Waals surface area contributed by atoms with Crippen LogP contribution in [0.5, 0.6) is 0 Å². The van der Waals surface area contributed by atoms with Crippen molar-refractivity contribution in [1.29, 1.82) is 0 Å². The first-order chi connectivity index (χ1) is 7.69. The molecule has 86 valence electrons. The van der Waals surface area contributed by atoms with E-state index in [1.807, 2.05) is 13.0 Å². The van der Waals surface area contributed by atoms with Crippen molar-refractivity contribution in [2.75, 3.05) is 24.5 Å². The highest BCUT2D eigenvalue weighted by atomic mass is 19.1. The van der Waals surface area contributed by atoms with Crippen LogP contribution in [-0.2, 0) is 0 Å². The van der Waals surface area contributed by atoms with E-state index in [4.69, 9.17) is 0 Å². The molecule has 1 aromatic rings. The summed E-state index contributed by atoms with van der Waals surface area (Å²) in [6.07, 6.45) is 2.56. The third-order valence-corrected chi connectivity index (χ3v) is 3.73. The van der Waals surface area contributed by atoms with Gasteiger partial charge in [0.25, 0.3) is 0 Å². The van der Waals surface area contributed by atoms with Crippen molar-refractivity contribution < 1.29 is 4.39 Å². The van der Waals surface area contributed by atoms with Crippen LogP contribution in [0.2, 0.25) is 0 Å². The van der Waals surface area contributed by atoms with Gasteiger partial charge in [-0.25, -0.2) is 4.39 Å². The number of rotatable bonds is 1. The van der Waals surface area contributed by atoms with Crippen LogP contribution in [0.4, 0.5) is 10.1 Å². The number of benzene rings is 1. The van der Waals surface area contributed by atoms with Gasteiger partial charge in [0.15, 0.2) is 0 Å². The Hall–Kier alpha value is -1.09. The highest BCUT2D eigenvalue weighted by molar-refractivity contribution is 5.54. The van der Waals surface area contributed by atoms with Crippen molar-refractivity contribution in [3.8, 4) is 0 Å². The predicted octanol–water partition coefficient (Wildman–Crippen LogP) is 2.08. The second-order valence-corrected chi connectivity index (χ2v) is 5.06. The van der Waals surface area contributed by atoms with Crippen molar-refractivity contribution in [3.63, 3.8) is 0 Å². The van der Waals surface area contributed by atoms with Crippen molar-refractivity contribution >= 4 is 5.69 Å². The molecule has 1 aromatic carbocycles. The molecule has 0 bridgehead atoms. The molecule has 0 amide bonds. The van der Waals surface area contributed by atoms with Crippen LogP contribution >= 0.6 is 0 Å². The second kappa shape index (κ2) is 3.45. The Bertz CT molecular complexity index is 412. The van der Waals surface area contributed by atoms with E-state index in [-0.39, 0.29) is 5.82 Å². The lowest BCUT2D eigenvalue weighted by Crippen LogP contribution is -2.52. The lowest BCUT2D eigenvalue weighted by atomic mass is 10.1. The van der Waals surface area contributed by atoms with Gasteiger partial charge in [-0.1, -0.05) is 0 Å². The fourth-order valence-electron chi connectivity index (χ4n) is 2.62. The maximum Gasteiger partial charge on any atom is 0.123 e. The van der Waals surface area contributed by atoms with E-state index in [1.54, 1.807) is 12.1 Å². The number of nitrogens with zero attached hydrogens (tertiary/aromatic N) is 1. The third-order valence-electron chi connectivity index (χ3n) is 3.73. The molecule has 1 aliphatic carbocycles. The summed E-state index contributed by atoms with van der Waals surface area (Å²) in [6.45, 7) is 5.12. The standard InChI is InChI=1S/C13H17FN2/c1-10-8-11(14)2-3-12(10)16-7-6-15-13(9-16)4-5-13/h2-3,8,15H,4-7,9H2,1H3. The van der Waals surface area contributed by atoms with Crippen LogP contribution in [0.3, 0.4) is 0 Å². The Labute approximate surface area is 95.4 Å². The average Bonchev–Trinajstić information content (AvgIpc) is 2.97. The summed E-state index contributed by atoms with van der Waals surface area (Å²) < 4.78 is 13.0. The van der Waals surface area contributed by atoms with Gasteiger partial charge >= 0.3 is 0 Å². The average molecular weight is 220 g/mol. The summed E-state index contributed by atoms with van der Waals surface area (Å²) in [5.74, 6) is -0.141. The molecular formula is C13H17FN2. The summed E-state index contributed by atoms with van der Waals surface area (Å²) in [6, 6.07) is 5.09. The highest BCUT2D eigenvalue weighted by Gasteiger charge is 2.45. The van der Waals surface area contributed by atoms with Crippen molar-refractivity contribution in [1.82, 2.24) is 5.32 Å². The van der Waals surface area contributed by atoms with Crippen molar-refractivity contribution in [2.45, 2.75) is 25.3 Å². The van der Waals surface area contributed by atoms with E-state index in [2.05, 4.69) is 10.2 Å². The van der Waals surface area contributed by atoms with Gasteiger partial charge in [-0.2, -0.15) is 0 Å². The minimum atomic E-state index is -0.141. The molecule has 0 aromatic heterocycles.